The zero-order valence-electron chi connectivity index (χ0n) is 13.7. The smallest absolute Gasteiger partial charge is 0.241 e. The van der Waals surface area contributed by atoms with E-state index in [9.17, 15) is 8.42 Å². The lowest BCUT2D eigenvalue weighted by Crippen LogP contribution is -2.30. The molecule has 0 amide bonds. The Kier molecular flexibility index (Phi) is 4.78. The summed E-state index contributed by atoms with van der Waals surface area (Å²) in [5.41, 5.74) is 0.954. The SMILES string of the molecule is COc1ccc([C@@H](NS(=O)(=O)c2ccc(OC)cc2)C2CC2)cc1. The lowest BCUT2D eigenvalue weighted by Gasteiger charge is -2.19. The molecule has 6 heteroatoms. The molecule has 0 bridgehead atoms. The highest BCUT2D eigenvalue weighted by molar-refractivity contribution is 7.89. The van der Waals surface area contributed by atoms with Gasteiger partial charge in [0, 0.05) is 6.04 Å². The van der Waals surface area contributed by atoms with Crippen molar-refractivity contribution in [3.8, 4) is 11.5 Å². The van der Waals surface area contributed by atoms with Gasteiger partial charge in [0.15, 0.2) is 0 Å². The second-order valence-electron chi connectivity index (χ2n) is 5.89. The van der Waals surface area contributed by atoms with Crippen LogP contribution in [-0.4, -0.2) is 22.6 Å². The fourth-order valence-electron chi connectivity index (χ4n) is 2.67. The first-order valence-electron chi connectivity index (χ1n) is 7.84. The van der Waals surface area contributed by atoms with Gasteiger partial charge in [-0.15, -0.1) is 0 Å². The van der Waals surface area contributed by atoms with E-state index in [0.717, 1.165) is 24.2 Å². The molecule has 5 nitrogen and oxygen atoms in total. The van der Waals surface area contributed by atoms with Crippen LogP contribution in [0.1, 0.15) is 24.4 Å². The molecule has 128 valence electrons. The molecule has 0 aromatic heterocycles. The molecule has 1 saturated carbocycles. The summed E-state index contributed by atoms with van der Waals surface area (Å²) in [6.45, 7) is 0. The molecule has 0 unspecified atom stereocenters. The number of methoxy groups -OCH3 is 2. The molecule has 0 aliphatic heterocycles. The van der Waals surface area contributed by atoms with Gasteiger partial charge in [-0.05, 0) is 60.7 Å². The molecule has 1 aliphatic carbocycles. The number of ether oxygens (including phenoxy) is 2. The third-order valence-corrected chi connectivity index (χ3v) is 5.68. The van der Waals surface area contributed by atoms with Gasteiger partial charge < -0.3 is 9.47 Å². The minimum absolute atomic E-state index is 0.219. The van der Waals surface area contributed by atoms with Crippen LogP contribution in [0.25, 0.3) is 0 Å². The summed E-state index contributed by atoms with van der Waals surface area (Å²) in [5, 5.41) is 0. The van der Waals surface area contributed by atoms with E-state index in [1.165, 1.54) is 0 Å². The van der Waals surface area contributed by atoms with E-state index in [2.05, 4.69) is 4.72 Å². The van der Waals surface area contributed by atoms with E-state index in [0.29, 0.717) is 11.7 Å². The van der Waals surface area contributed by atoms with Gasteiger partial charge >= 0.3 is 0 Å². The number of rotatable bonds is 7. The van der Waals surface area contributed by atoms with E-state index in [4.69, 9.17) is 9.47 Å². The van der Waals surface area contributed by atoms with E-state index < -0.39 is 10.0 Å². The Balaban J connectivity index is 1.83. The van der Waals surface area contributed by atoms with Crippen molar-refractivity contribution in [2.45, 2.75) is 23.8 Å². The molecule has 2 aromatic rings. The second kappa shape index (κ2) is 6.83. The van der Waals surface area contributed by atoms with E-state index in [1.807, 2.05) is 24.3 Å². The quantitative estimate of drug-likeness (QED) is 0.836. The van der Waals surface area contributed by atoms with E-state index in [1.54, 1.807) is 38.5 Å². The topological polar surface area (TPSA) is 64.6 Å². The highest BCUT2D eigenvalue weighted by Gasteiger charge is 2.35. The summed E-state index contributed by atoms with van der Waals surface area (Å²) in [4.78, 5) is 0.238. The van der Waals surface area contributed by atoms with Gasteiger partial charge in [0.25, 0.3) is 0 Å². The molecule has 0 saturated heterocycles. The van der Waals surface area contributed by atoms with Crippen LogP contribution >= 0.6 is 0 Å². The maximum absolute atomic E-state index is 12.7. The number of sulfonamides is 1. The molecule has 24 heavy (non-hydrogen) atoms. The van der Waals surface area contributed by atoms with Crippen LogP contribution < -0.4 is 14.2 Å². The van der Waals surface area contributed by atoms with Gasteiger partial charge in [-0.1, -0.05) is 12.1 Å². The van der Waals surface area contributed by atoms with Crippen molar-refractivity contribution >= 4 is 10.0 Å². The number of hydrogen-bond donors (Lipinski definition) is 1. The Hall–Kier alpha value is -2.05. The molecule has 1 atom stereocenters. The van der Waals surface area contributed by atoms with Crippen LogP contribution in [0, 0.1) is 5.92 Å². The predicted molar refractivity (Wildman–Crippen MR) is 91.8 cm³/mol. The van der Waals surface area contributed by atoms with Crippen LogP contribution in [0.15, 0.2) is 53.4 Å². The number of hydrogen-bond acceptors (Lipinski definition) is 4. The summed E-state index contributed by atoms with van der Waals surface area (Å²) >= 11 is 0. The Labute approximate surface area is 142 Å². The first kappa shape index (κ1) is 16.8. The zero-order valence-corrected chi connectivity index (χ0v) is 14.5. The average Bonchev–Trinajstić information content (AvgIpc) is 3.45. The Bertz CT molecular complexity index is 781. The second-order valence-corrected chi connectivity index (χ2v) is 7.60. The molecular formula is C18H21NO4S. The minimum atomic E-state index is -3.59. The highest BCUT2D eigenvalue weighted by Crippen LogP contribution is 2.42. The van der Waals surface area contributed by atoms with Crippen LogP contribution in [0.4, 0.5) is 0 Å². The van der Waals surface area contributed by atoms with E-state index in [-0.39, 0.29) is 10.9 Å². The lowest BCUT2D eigenvalue weighted by molar-refractivity contribution is 0.414. The first-order valence-corrected chi connectivity index (χ1v) is 9.32. The van der Waals surface area contributed by atoms with E-state index >= 15 is 0 Å². The molecule has 0 radical (unpaired) electrons. The maximum atomic E-state index is 12.7. The molecule has 1 N–H and O–H groups in total. The average molecular weight is 347 g/mol. The van der Waals surface area contributed by atoms with Crippen molar-refractivity contribution < 1.29 is 17.9 Å². The normalized spacial score (nSPS) is 15.8. The predicted octanol–water partition coefficient (Wildman–Crippen LogP) is 3.13. The van der Waals surface area contributed by atoms with Gasteiger partial charge in [-0.3, -0.25) is 0 Å². The molecule has 1 aliphatic rings. The number of benzene rings is 2. The van der Waals surface area contributed by atoms with Gasteiger partial charge in [0.2, 0.25) is 10.0 Å². The summed E-state index contributed by atoms with van der Waals surface area (Å²) in [6.07, 6.45) is 2.06. The lowest BCUT2D eigenvalue weighted by atomic mass is 10.0. The van der Waals surface area contributed by atoms with Crippen LogP contribution in [-0.2, 0) is 10.0 Å². The summed E-state index contributed by atoms with van der Waals surface area (Å²) < 4.78 is 38.5. The van der Waals surface area contributed by atoms with Crippen molar-refractivity contribution in [1.82, 2.24) is 4.72 Å². The van der Waals surface area contributed by atoms with Crippen LogP contribution in [0.2, 0.25) is 0 Å². The van der Waals surface area contributed by atoms with Crippen molar-refractivity contribution in [2.75, 3.05) is 14.2 Å². The molecule has 3 rings (SSSR count). The maximum Gasteiger partial charge on any atom is 0.241 e. The first-order chi connectivity index (χ1) is 11.5. The van der Waals surface area contributed by atoms with Gasteiger partial charge in [-0.25, -0.2) is 13.1 Å². The largest absolute Gasteiger partial charge is 0.497 e. The fourth-order valence-corrected chi connectivity index (χ4v) is 3.96. The molecule has 0 heterocycles. The van der Waals surface area contributed by atoms with Crippen molar-refractivity contribution in [2.24, 2.45) is 5.92 Å². The highest BCUT2D eigenvalue weighted by atomic mass is 32.2. The number of nitrogens with one attached hydrogen (secondary N) is 1. The monoisotopic (exact) mass is 347 g/mol. The van der Waals surface area contributed by atoms with Crippen LogP contribution in [0.3, 0.4) is 0 Å². The summed E-state index contributed by atoms with van der Waals surface area (Å²) in [7, 11) is -0.429. The van der Waals surface area contributed by atoms with Gasteiger partial charge in [0.05, 0.1) is 19.1 Å². The third kappa shape index (κ3) is 3.71. The molecule has 1 fully saturated rings. The Morgan fingerprint density at radius 2 is 1.42 bits per heavy atom. The molecule has 0 spiro atoms. The Morgan fingerprint density at radius 3 is 1.88 bits per heavy atom. The molecular weight excluding hydrogens is 326 g/mol. The molecule has 2 aromatic carbocycles. The van der Waals surface area contributed by atoms with Gasteiger partial charge in [0.1, 0.15) is 11.5 Å². The van der Waals surface area contributed by atoms with Crippen molar-refractivity contribution in [3.05, 3.63) is 54.1 Å². The zero-order chi connectivity index (χ0) is 17.2. The van der Waals surface area contributed by atoms with Crippen molar-refractivity contribution in [1.29, 1.82) is 0 Å². The minimum Gasteiger partial charge on any atom is -0.497 e. The standard InChI is InChI=1S/C18H21NO4S/c1-22-15-7-5-14(6-8-15)18(13-3-4-13)19-24(20,21)17-11-9-16(23-2)10-12-17/h5-13,18-19H,3-4H2,1-2H3/t18-/m0/s1. The Morgan fingerprint density at radius 1 is 0.917 bits per heavy atom. The van der Waals surface area contributed by atoms with Crippen molar-refractivity contribution in [3.63, 3.8) is 0 Å². The summed E-state index contributed by atoms with van der Waals surface area (Å²) in [5.74, 6) is 1.72. The van der Waals surface area contributed by atoms with Crippen LogP contribution in [0.5, 0.6) is 11.5 Å². The third-order valence-electron chi connectivity index (χ3n) is 4.22. The fraction of sp³-hybridized carbons (Fsp3) is 0.333. The summed E-state index contributed by atoms with van der Waals surface area (Å²) in [6, 6.07) is 13.7. The van der Waals surface area contributed by atoms with Gasteiger partial charge in [-0.2, -0.15) is 0 Å².